The highest BCUT2D eigenvalue weighted by Crippen LogP contribution is 2.33. The monoisotopic (exact) mass is 637 g/mol. The van der Waals surface area contributed by atoms with Crippen LogP contribution in [0.5, 0.6) is 5.75 Å². The number of hydrogen-bond acceptors (Lipinski definition) is 8. The first kappa shape index (κ1) is 30.2. The molecular formula is C31H25Cl2N3O6S. The van der Waals surface area contributed by atoms with Gasteiger partial charge in [-0.1, -0.05) is 58.8 Å². The standard InChI is InChI=1S/C31H25Cl2N3O6S/c1-4-41-30(38)27-18(3)34-31-35(28(27)20-9-8-17(2)24(14-20)36(39)40)29(37)26(43-31)15-21-13-23(33)10-11-25(21)42-16-19-6-5-7-22(32)12-19/h5-15,28H,4,16H2,1-3H3/b26-15+/t28-/m0/s1. The fraction of sp³-hybridized carbons (Fsp3) is 0.194. The van der Waals surface area contributed by atoms with E-state index in [0.717, 1.165) is 16.9 Å². The molecule has 0 unspecified atom stereocenters. The molecule has 0 aliphatic carbocycles. The number of nitro groups is 1. The van der Waals surface area contributed by atoms with E-state index in [4.69, 9.17) is 32.7 Å². The average molecular weight is 639 g/mol. The predicted octanol–water partition coefficient (Wildman–Crippen LogP) is 5.90. The van der Waals surface area contributed by atoms with Gasteiger partial charge in [0, 0.05) is 27.2 Å². The highest BCUT2D eigenvalue weighted by Gasteiger charge is 2.34. The van der Waals surface area contributed by atoms with Crippen molar-refractivity contribution in [2.75, 3.05) is 6.61 Å². The molecule has 1 aliphatic heterocycles. The molecule has 3 aromatic carbocycles. The van der Waals surface area contributed by atoms with E-state index in [1.165, 1.54) is 10.6 Å². The second-order valence-corrected chi connectivity index (χ2v) is 11.6. The lowest BCUT2D eigenvalue weighted by Crippen LogP contribution is -2.40. The maximum absolute atomic E-state index is 14.0. The molecule has 0 N–H and O–H groups in total. The van der Waals surface area contributed by atoms with Gasteiger partial charge in [0.1, 0.15) is 12.4 Å². The summed E-state index contributed by atoms with van der Waals surface area (Å²) in [4.78, 5) is 43.3. The van der Waals surface area contributed by atoms with Gasteiger partial charge in [0.05, 0.1) is 33.4 Å². The third-order valence-corrected chi connectivity index (χ3v) is 8.26. The second kappa shape index (κ2) is 12.5. The van der Waals surface area contributed by atoms with E-state index in [-0.39, 0.29) is 24.5 Å². The number of ether oxygens (including phenoxy) is 2. The molecule has 43 heavy (non-hydrogen) atoms. The van der Waals surface area contributed by atoms with Crippen molar-refractivity contribution >= 4 is 52.3 Å². The summed E-state index contributed by atoms with van der Waals surface area (Å²) < 4.78 is 13.1. The van der Waals surface area contributed by atoms with E-state index < -0.39 is 22.5 Å². The number of nitrogens with zero attached hydrogens (tertiary/aromatic N) is 3. The minimum Gasteiger partial charge on any atom is -0.488 e. The summed E-state index contributed by atoms with van der Waals surface area (Å²) in [5, 5.41) is 12.8. The average Bonchev–Trinajstić information content (AvgIpc) is 3.26. The van der Waals surface area contributed by atoms with Crippen molar-refractivity contribution in [2.45, 2.75) is 33.4 Å². The Bertz CT molecular complexity index is 1980. The Hall–Kier alpha value is -4.25. The first-order valence-electron chi connectivity index (χ1n) is 13.2. The van der Waals surface area contributed by atoms with Gasteiger partial charge in [-0.15, -0.1) is 0 Å². The van der Waals surface area contributed by atoms with Gasteiger partial charge in [0.25, 0.3) is 11.2 Å². The van der Waals surface area contributed by atoms with Gasteiger partial charge >= 0.3 is 5.97 Å². The number of nitro benzene ring substituents is 1. The Balaban J connectivity index is 1.65. The molecule has 1 aliphatic rings. The minimum atomic E-state index is -0.991. The summed E-state index contributed by atoms with van der Waals surface area (Å²) >= 11 is 13.5. The smallest absolute Gasteiger partial charge is 0.338 e. The number of thiazole rings is 1. The number of rotatable bonds is 8. The molecule has 4 aromatic rings. The van der Waals surface area contributed by atoms with Crippen LogP contribution in [0.15, 0.2) is 81.7 Å². The molecule has 0 saturated heterocycles. The van der Waals surface area contributed by atoms with E-state index in [0.29, 0.717) is 47.5 Å². The fourth-order valence-corrected chi connectivity index (χ4v) is 6.22. The first-order valence-corrected chi connectivity index (χ1v) is 14.8. The Morgan fingerprint density at radius 1 is 1.12 bits per heavy atom. The Kier molecular flexibility index (Phi) is 8.82. The molecule has 0 saturated carbocycles. The van der Waals surface area contributed by atoms with Crippen molar-refractivity contribution in [3.63, 3.8) is 0 Å². The van der Waals surface area contributed by atoms with Crippen LogP contribution in [0.4, 0.5) is 5.69 Å². The predicted molar refractivity (Wildman–Crippen MR) is 165 cm³/mol. The summed E-state index contributed by atoms with van der Waals surface area (Å²) in [6.45, 7) is 5.29. The van der Waals surface area contributed by atoms with Gasteiger partial charge in [0.15, 0.2) is 4.80 Å². The van der Waals surface area contributed by atoms with Crippen LogP contribution in [0.1, 0.15) is 42.1 Å². The summed E-state index contributed by atoms with van der Waals surface area (Å²) in [5.74, 6) is -0.165. The van der Waals surface area contributed by atoms with Crippen LogP contribution in [-0.2, 0) is 16.1 Å². The van der Waals surface area contributed by atoms with Crippen molar-refractivity contribution in [3.8, 4) is 5.75 Å². The van der Waals surface area contributed by atoms with Crippen LogP contribution in [0.25, 0.3) is 6.08 Å². The van der Waals surface area contributed by atoms with Gasteiger partial charge in [-0.25, -0.2) is 9.79 Å². The lowest BCUT2D eigenvalue weighted by Gasteiger charge is -2.24. The molecule has 0 amide bonds. The highest BCUT2D eigenvalue weighted by atomic mass is 35.5. The van der Waals surface area contributed by atoms with E-state index in [1.807, 2.05) is 12.1 Å². The molecule has 12 heteroatoms. The fourth-order valence-electron chi connectivity index (χ4n) is 4.79. The number of aromatic nitrogens is 1. The zero-order valence-corrected chi connectivity index (χ0v) is 25.6. The number of aryl methyl sites for hydroxylation is 1. The number of fused-ring (bicyclic) bond motifs is 1. The maximum atomic E-state index is 14.0. The van der Waals surface area contributed by atoms with Crippen molar-refractivity contribution in [1.82, 2.24) is 4.57 Å². The van der Waals surface area contributed by atoms with Crippen LogP contribution in [0.3, 0.4) is 0 Å². The van der Waals surface area contributed by atoms with E-state index in [2.05, 4.69) is 4.99 Å². The summed E-state index contributed by atoms with van der Waals surface area (Å²) in [5.41, 5.74) is 2.18. The lowest BCUT2D eigenvalue weighted by atomic mass is 9.94. The highest BCUT2D eigenvalue weighted by molar-refractivity contribution is 7.07. The number of benzene rings is 3. The van der Waals surface area contributed by atoms with Crippen LogP contribution in [0, 0.1) is 17.0 Å². The molecule has 0 bridgehead atoms. The van der Waals surface area contributed by atoms with E-state index in [1.54, 1.807) is 69.3 Å². The normalized spacial score (nSPS) is 14.7. The molecule has 0 fully saturated rings. The van der Waals surface area contributed by atoms with Crippen molar-refractivity contribution < 1.29 is 19.2 Å². The van der Waals surface area contributed by atoms with Crippen molar-refractivity contribution in [3.05, 3.63) is 134 Å². The Labute approximate surface area is 260 Å². The third-order valence-electron chi connectivity index (χ3n) is 6.80. The molecule has 220 valence electrons. The number of allylic oxidation sites excluding steroid dienone is 1. The van der Waals surface area contributed by atoms with Gasteiger partial charge in [-0.3, -0.25) is 19.5 Å². The number of esters is 1. The van der Waals surface area contributed by atoms with Crippen LogP contribution in [-0.4, -0.2) is 22.1 Å². The number of carbonyl (C=O) groups excluding carboxylic acids is 1. The van der Waals surface area contributed by atoms with Crippen LogP contribution >= 0.6 is 34.5 Å². The maximum Gasteiger partial charge on any atom is 0.338 e. The second-order valence-electron chi connectivity index (χ2n) is 9.71. The largest absolute Gasteiger partial charge is 0.488 e. The zero-order chi connectivity index (χ0) is 30.8. The lowest BCUT2D eigenvalue weighted by molar-refractivity contribution is -0.385. The van der Waals surface area contributed by atoms with E-state index >= 15 is 0 Å². The summed E-state index contributed by atoms with van der Waals surface area (Å²) in [6.07, 6.45) is 1.65. The molecule has 0 radical (unpaired) electrons. The number of halogens is 2. The molecule has 9 nitrogen and oxygen atoms in total. The topological polar surface area (TPSA) is 113 Å². The van der Waals surface area contributed by atoms with Gasteiger partial charge in [-0.05, 0) is 68.3 Å². The first-order chi connectivity index (χ1) is 20.6. The van der Waals surface area contributed by atoms with Gasteiger partial charge in [0.2, 0.25) is 0 Å². The zero-order valence-electron chi connectivity index (χ0n) is 23.3. The molecular weight excluding hydrogens is 613 g/mol. The van der Waals surface area contributed by atoms with Crippen molar-refractivity contribution in [2.24, 2.45) is 4.99 Å². The van der Waals surface area contributed by atoms with Gasteiger partial charge in [-0.2, -0.15) is 0 Å². The summed E-state index contributed by atoms with van der Waals surface area (Å²) in [7, 11) is 0. The number of carbonyl (C=O) groups is 1. The van der Waals surface area contributed by atoms with Crippen LogP contribution < -0.4 is 19.6 Å². The summed E-state index contributed by atoms with van der Waals surface area (Å²) in [6, 6.07) is 16.0. The molecule has 5 rings (SSSR count). The molecule has 1 aromatic heterocycles. The van der Waals surface area contributed by atoms with Gasteiger partial charge < -0.3 is 9.47 Å². The Morgan fingerprint density at radius 3 is 2.60 bits per heavy atom. The third kappa shape index (κ3) is 6.27. The molecule has 2 heterocycles. The molecule has 1 atom stereocenters. The minimum absolute atomic E-state index is 0.105. The number of hydrogen-bond donors (Lipinski definition) is 0. The van der Waals surface area contributed by atoms with Crippen LogP contribution in [0.2, 0.25) is 10.0 Å². The SMILES string of the molecule is CCOC(=O)C1=C(C)N=c2s/c(=C/c3cc(Cl)ccc3OCc3cccc(Cl)c3)c(=O)n2[C@H]1c1ccc(C)c([N+](=O)[O-])c1. The van der Waals surface area contributed by atoms with E-state index in [9.17, 15) is 19.7 Å². The quantitative estimate of drug-likeness (QED) is 0.135. The molecule has 0 spiro atoms. The Morgan fingerprint density at radius 2 is 1.88 bits per heavy atom. The van der Waals surface area contributed by atoms with Crippen molar-refractivity contribution in [1.29, 1.82) is 0 Å².